The van der Waals surface area contributed by atoms with Crippen LogP contribution in [0.15, 0.2) is 0 Å². The lowest BCUT2D eigenvalue weighted by molar-refractivity contribution is 0.583. The molecule has 0 aliphatic carbocycles. The van der Waals surface area contributed by atoms with Gasteiger partial charge in [-0.15, -0.1) is 7.92 Å². The van der Waals surface area contributed by atoms with E-state index in [1.54, 1.807) is 18.5 Å². The van der Waals surface area contributed by atoms with Crippen LogP contribution in [0, 0.1) is 0 Å². The van der Waals surface area contributed by atoms with Gasteiger partial charge in [0.1, 0.15) is 0 Å². The Labute approximate surface area is 194 Å². The minimum Gasteiger partial charge on any atom is -0.107 e. The molecule has 0 saturated heterocycles. The molecule has 0 aliphatic rings. The van der Waals surface area contributed by atoms with Gasteiger partial charge in [0.15, 0.2) is 0 Å². The van der Waals surface area contributed by atoms with Gasteiger partial charge in [0.25, 0.3) is 0 Å². The highest BCUT2D eigenvalue weighted by atomic mass is 31.1. The van der Waals surface area contributed by atoms with Crippen molar-refractivity contribution in [2.24, 2.45) is 0 Å². The van der Waals surface area contributed by atoms with Gasteiger partial charge in [0, 0.05) is 0 Å². The quantitative estimate of drug-likeness (QED) is 0.0926. The number of rotatable bonds is 26. The highest BCUT2D eigenvalue weighted by Crippen LogP contribution is 2.39. The van der Waals surface area contributed by atoms with Gasteiger partial charge in [-0.05, 0) is 37.7 Å². The predicted molar refractivity (Wildman–Crippen MR) is 145 cm³/mol. The minimum absolute atomic E-state index is 0.351. The standard InChI is InChI=1S/C29H61P/c1-4-7-10-13-16-19-22-25-28-30(27-24-21-18-15-12-9-6-3)29-26-23-20-17-14-11-8-5-2/h4-29H2,1-3H3. The fourth-order valence-corrected chi connectivity index (χ4v) is 7.25. The second-order valence-corrected chi connectivity index (χ2v) is 12.6. The van der Waals surface area contributed by atoms with Crippen molar-refractivity contribution in [1.82, 2.24) is 0 Å². The maximum absolute atomic E-state index is 2.32. The van der Waals surface area contributed by atoms with Crippen LogP contribution in [0.4, 0.5) is 0 Å². The first-order chi connectivity index (χ1) is 14.8. The highest BCUT2D eigenvalue weighted by molar-refractivity contribution is 7.57. The molecule has 30 heavy (non-hydrogen) atoms. The highest BCUT2D eigenvalue weighted by Gasteiger charge is 2.08. The number of hydrogen-bond acceptors (Lipinski definition) is 0. The summed E-state index contributed by atoms with van der Waals surface area (Å²) in [7, 11) is 0.351. The largest absolute Gasteiger partial charge is 0.107 e. The topological polar surface area (TPSA) is 0 Å². The molecule has 182 valence electrons. The zero-order chi connectivity index (χ0) is 22.0. The summed E-state index contributed by atoms with van der Waals surface area (Å²) in [5, 5.41) is 0. The molecule has 0 heterocycles. The van der Waals surface area contributed by atoms with Crippen LogP contribution in [-0.2, 0) is 0 Å². The Hall–Kier alpha value is 0.430. The molecule has 0 fully saturated rings. The van der Waals surface area contributed by atoms with Gasteiger partial charge in [-0.25, -0.2) is 0 Å². The van der Waals surface area contributed by atoms with Crippen molar-refractivity contribution in [3.05, 3.63) is 0 Å². The summed E-state index contributed by atoms with van der Waals surface area (Å²) >= 11 is 0. The lowest BCUT2D eigenvalue weighted by atomic mass is 10.1. The average Bonchev–Trinajstić information content (AvgIpc) is 2.76. The molecule has 0 saturated carbocycles. The summed E-state index contributed by atoms with van der Waals surface area (Å²) in [5.41, 5.74) is 0. The van der Waals surface area contributed by atoms with Crippen LogP contribution < -0.4 is 0 Å². The summed E-state index contributed by atoms with van der Waals surface area (Å²) in [5.74, 6) is 0. The van der Waals surface area contributed by atoms with Gasteiger partial charge in [0.05, 0.1) is 0 Å². The second kappa shape index (κ2) is 27.5. The van der Waals surface area contributed by atoms with E-state index in [1.165, 1.54) is 148 Å². The van der Waals surface area contributed by atoms with Crippen molar-refractivity contribution in [3.8, 4) is 0 Å². The Balaban J connectivity index is 3.81. The van der Waals surface area contributed by atoms with Crippen molar-refractivity contribution < 1.29 is 0 Å². The molecule has 0 nitrogen and oxygen atoms in total. The van der Waals surface area contributed by atoms with Crippen LogP contribution in [0.5, 0.6) is 0 Å². The molecule has 0 unspecified atom stereocenters. The maximum atomic E-state index is 2.32. The first kappa shape index (κ1) is 30.4. The van der Waals surface area contributed by atoms with Gasteiger partial charge in [-0.1, -0.05) is 149 Å². The van der Waals surface area contributed by atoms with Gasteiger partial charge in [0.2, 0.25) is 0 Å². The molecule has 0 N–H and O–H groups in total. The van der Waals surface area contributed by atoms with Crippen molar-refractivity contribution in [2.45, 2.75) is 168 Å². The third kappa shape index (κ3) is 24.7. The van der Waals surface area contributed by atoms with Gasteiger partial charge in [-0.3, -0.25) is 0 Å². The van der Waals surface area contributed by atoms with E-state index >= 15 is 0 Å². The van der Waals surface area contributed by atoms with E-state index in [1.807, 2.05) is 0 Å². The van der Waals surface area contributed by atoms with Crippen molar-refractivity contribution >= 4 is 7.92 Å². The summed E-state index contributed by atoms with van der Waals surface area (Å²) in [6, 6.07) is 0. The zero-order valence-corrected chi connectivity index (χ0v) is 22.7. The molecule has 0 aromatic heterocycles. The Morgan fingerprint density at radius 2 is 0.467 bits per heavy atom. The average molecular weight is 441 g/mol. The summed E-state index contributed by atoms with van der Waals surface area (Å²) in [4.78, 5) is 0. The van der Waals surface area contributed by atoms with Gasteiger partial charge < -0.3 is 0 Å². The van der Waals surface area contributed by atoms with Gasteiger partial charge >= 0.3 is 0 Å². The Kier molecular flexibility index (Phi) is 27.9. The molecule has 0 aromatic rings. The van der Waals surface area contributed by atoms with E-state index in [-0.39, 0.29) is 0 Å². The summed E-state index contributed by atoms with van der Waals surface area (Å²) in [6.07, 6.45) is 38.8. The molecular formula is C29H61P. The first-order valence-corrected chi connectivity index (χ1v) is 16.5. The molecule has 0 atom stereocenters. The lowest BCUT2D eigenvalue weighted by Gasteiger charge is -2.18. The van der Waals surface area contributed by atoms with Crippen LogP contribution in [0.25, 0.3) is 0 Å². The SMILES string of the molecule is CCCCCCCCCCP(CCCCCCCCC)CCCCCCCCCC. The van der Waals surface area contributed by atoms with Crippen LogP contribution in [-0.4, -0.2) is 18.5 Å². The molecule has 0 spiro atoms. The van der Waals surface area contributed by atoms with E-state index < -0.39 is 0 Å². The van der Waals surface area contributed by atoms with Crippen LogP contribution in [0.2, 0.25) is 0 Å². The molecule has 0 rings (SSSR count). The van der Waals surface area contributed by atoms with E-state index in [2.05, 4.69) is 20.8 Å². The third-order valence-corrected chi connectivity index (χ3v) is 9.58. The van der Waals surface area contributed by atoms with Crippen LogP contribution in [0.3, 0.4) is 0 Å². The van der Waals surface area contributed by atoms with Gasteiger partial charge in [-0.2, -0.15) is 0 Å². The molecular weight excluding hydrogens is 379 g/mol. The maximum Gasteiger partial charge on any atom is -0.0326 e. The van der Waals surface area contributed by atoms with Crippen LogP contribution in [0.1, 0.15) is 168 Å². The van der Waals surface area contributed by atoms with E-state index in [9.17, 15) is 0 Å². The monoisotopic (exact) mass is 440 g/mol. The zero-order valence-electron chi connectivity index (χ0n) is 21.8. The molecule has 0 amide bonds. The second-order valence-electron chi connectivity index (χ2n) is 9.91. The molecule has 0 radical (unpaired) electrons. The van der Waals surface area contributed by atoms with E-state index in [4.69, 9.17) is 0 Å². The molecule has 0 aromatic carbocycles. The fraction of sp³-hybridized carbons (Fsp3) is 1.00. The molecule has 0 bridgehead atoms. The van der Waals surface area contributed by atoms with Crippen molar-refractivity contribution in [3.63, 3.8) is 0 Å². The number of hydrogen-bond donors (Lipinski definition) is 0. The number of unbranched alkanes of at least 4 members (excludes halogenated alkanes) is 20. The van der Waals surface area contributed by atoms with Crippen LogP contribution >= 0.6 is 7.92 Å². The van der Waals surface area contributed by atoms with E-state index in [0.717, 1.165) is 0 Å². The fourth-order valence-electron chi connectivity index (χ4n) is 4.57. The first-order valence-electron chi connectivity index (χ1n) is 14.6. The summed E-state index contributed by atoms with van der Waals surface area (Å²) < 4.78 is 0. The van der Waals surface area contributed by atoms with E-state index in [0.29, 0.717) is 7.92 Å². The minimum atomic E-state index is 0.351. The smallest absolute Gasteiger partial charge is 0.0326 e. The Morgan fingerprint density at radius 1 is 0.267 bits per heavy atom. The van der Waals surface area contributed by atoms with Crippen molar-refractivity contribution in [1.29, 1.82) is 0 Å². The third-order valence-electron chi connectivity index (χ3n) is 6.73. The lowest BCUT2D eigenvalue weighted by Crippen LogP contribution is -1.97. The van der Waals surface area contributed by atoms with Crippen molar-refractivity contribution in [2.75, 3.05) is 18.5 Å². The summed E-state index contributed by atoms with van der Waals surface area (Å²) in [6.45, 7) is 6.96. The Bertz CT molecular complexity index is 268. The molecule has 0 aliphatic heterocycles. The predicted octanol–water partition coefficient (Wildman–Crippen LogP) is 11.5. The normalized spacial score (nSPS) is 11.6. The molecule has 1 heteroatoms. The Morgan fingerprint density at radius 3 is 0.700 bits per heavy atom.